The highest BCUT2D eigenvalue weighted by molar-refractivity contribution is 5.57. The van der Waals surface area contributed by atoms with Crippen molar-refractivity contribution in [3.05, 3.63) is 71.4 Å². The largest absolute Gasteiger partial charge is 0.497 e. The molecule has 142 valence electrons. The molecule has 3 rings (SSSR count). The summed E-state index contributed by atoms with van der Waals surface area (Å²) >= 11 is 0. The summed E-state index contributed by atoms with van der Waals surface area (Å²) in [4.78, 5) is 6.57. The van der Waals surface area contributed by atoms with E-state index in [9.17, 15) is 9.50 Å². The van der Waals surface area contributed by atoms with E-state index in [0.717, 1.165) is 11.3 Å². The fourth-order valence-corrected chi connectivity index (χ4v) is 2.89. The fourth-order valence-electron chi connectivity index (χ4n) is 2.89. The lowest BCUT2D eigenvalue weighted by Crippen LogP contribution is -2.26. The van der Waals surface area contributed by atoms with Gasteiger partial charge in [-0.25, -0.2) is 9.37 Å². The number of aliphatic hydroxyl groups is 1. The zero-order chi connectivity index (χ0) is 19.2. The van der Waals surface area contributed by atoms with Crippen LogP contribution in [0, 0.1) is 12.7 Å². The Hall–Kier alpha value is -2.70. The Labute approximate surface area is 158 Å². The van der Waals surface area contributed by atoms with Crippen molar-refractivity contribution in [2.24, 2.45) is 0 Å². The van der Waals surface area contributed by atoms with Gasteiger partial charge in [0, 0.05) is 19.6 Å². The third kappa shape index (κ3) is 4.72. The van der Waals surface area contributed by atoms with Gasteiger partial charge in [-0.2, -0.15) is 0 Å². The topological polar surface area (TPSA) is 58.7 Å². The van der Waals surface area contributed by atoms with E-state index in [-0.39, 0.29) is 18.1 Å². The molecule has 0 atom stereocenters. The molecule has 0 saturated heterocycles. The number of nitrogens with zero attached hydrogens (tertiary/aromatic N) is 2. The third-order valence-electron chi connectivity index (χ3n) is 4.34. The van der Waals surface area contributed by atoms with Crippen LogP contribution >= 0.6 is 0 Å². The number of hydrogen-bond donors (Lipinski definition) is 1. The molecule has 0 aliphatic rings. The van der Waals surface area contributed by atoms with Crippen LogP contribution in [-0.4, -0.2) is 35.3 Å². The second kappa shape index (κ2) is 8.79. The second-order valence-corrected chi connectivity index (χ2v) is 6.29. The quantitative estimate of drug-likeness (QED) is 0.654. The first-order valence-corrected chi connectivity index (χ1v) is 8.78. The zero-order valence-electron chi connectivity index (χ0n) is 15.5. The highest BCUT2D eigenvalue weighted by atomic mass is 19.1. The molecule has 0 unspecified atom stereocenters. The van der Waals surface area contributed by atoms with Crippen molar-refractivity contribution < 1.29 is 18.7 Å². The maximum Gasteiger partial charge on any atom is 0.229 e. The van der Waals surface area contributed by atoms with Gasteiger partial charge in [0.1, 0.15) is 17.3 Å². The van der Waals surface area contributed by atoms with Crippen molar-refractivity contribution >= 4 is 0 Å². The van der Waals surface area contributed by atoms with Gasteiger partial charge in [0.25, 0.3) is 0 Å². The van der Waals surface area contributed by atoms with E-state index in [1.807, 2.05) is 37.3 Å². The molecule has 6 heteroatoms. The van der Waals surface area contributed by atoms with Crippen LogP contribution in [-0.2, 0) is 13.1 Å². The Morgan fingerprint density at radius 1 is 1.15 bits per heavy atom. The van der Waals surface area contributed by atoms with E-state index in [0.29, 0.717) is 31.1 Å². The Balaban J connectivity index is 1.82. The standard InChI is InChI=1S/C21H23FN2O3/c1-15-20(14-24(10-11-25)13-16-6-4-3-5-7-16)23-21(27-15)18-12-17(26-2)8-9-19(18)22/h3-9,12,25H,10-11,13-14H2,1-2H3. The molecule has 1 N–H and O–H groups in total. The van der Waals surface area contributed by atoms with Crippen LogP contribution in [0.25, 0.3) is 11.5 Å². The van der Waals surface area contributed by atoms with Crippen LogP contribution in [0.4, 0.5) is 4.39 Å². The molecule has 0 amide bonds. The lowest BCUT2D eigenvalue weighted by atomic mass is 10.2. The Morgan fingerprint density at radius 3 is 2.63 bits per heavy atom. The number of hydrogen-bond acceptors (Lipinski definition) is 5. The van der Waals surface area contributed by atoms with E-state index in [4.69, 9.17) is 9.15 Å². The zero-order valence-corrected chi connectivity index (χ0v) is 15.5. The third-order valence-corrected chi connectivity index (χ3v) is 4.34. The van der Waals surface area contributed by atoms with Crippen LogP contribution in [0.2, 0.25) is 0 Å². The smallest absolute Gasteiger partial charge is 0.229 e. The number of aliphatic hydroxyl groups excluding tert-OH is 1. The fraction of sp³-hybridized carbons (Fsp3) is 0.286. The first kappa shape index (κ1) is 19.1. The summed E-state index contributed by atoms with van der Waals surface area (Å²) in [5.74, 6) is 0.973. The normalized spacial score (nSPS) is 11.1. The van der Waals surface area contributed by atoms with E-state index < -0.39 is 5.82 Å². The molecule has 2 aromatic carbocycles. The molecular formula is C21H23FN2O3. The van der Waals surface area contributed by atoms with Gasteiger partial charge in [0.2, 0.25) is 5.89 Å². The Kier molecular flexibility index (Phi) is 6.21. The summed E-state index contributed by atoms with van der Waals surface area (Å²) in [7, 11) is 1.53. The van der Waals surface area contributed by atoms with Gasteiger partial charge < -0.3 is 14.3 Å². The number of oxazole rings is 1. The summed E-state index contributed by atoms with van der Waals surface area (Å²) in [6.07, 6.45) is 0. The lowest BCUT2D eigenvalue weighted by molar-refractivity contribution is 0.182. The van der Waals surface area contributed by atoms with Gasteiger partial charge in [0.15, 0.2) is 0 Å². The van der Waals surface area contributed by atoms with Gasteiger partial charge in [0.05, 0.1) is 25.0 Å². The van der Waals surface area contributed by atoms with Crippen molar-refractivity contribution in [1.29, 1.82) is 0 Å². The van der Waals surface area contributed by atoms with Crippen molar-refractivity contribution in [3.8, 4) is 17.2 Å². The summed E-state index contributed by atoms with van der Waals surface area (Å²) in [5, 5.41) is 9.39. The molecular weight excluding hydrogens is 347 g/mol. The summed E-state index contributed by atoms with van der Waals surface area (Å²) in [6, 6.07) is 14.5. The predicted molar refractivity (Wildman–Crippen MR) is 101 cm³/mol. The van der Waals surface area contributed by atoms with Crippen LogP contribution in [0.1, 0.15) is 17.0 Å². The van der Waals surface area contributed by atoms with E-state index in [1.54, 1.807) is 12.1 Å². The summed E-state index contributed by atoms with van der Waals surface area (Å²) in [5.41, 5.74) is 2.13. The second-order valence-electron chi connectivity index (χ2n) is 6.29. The van der Waals surface area contributed by atoms with Gasteiger partial charge in [-0.1, -0.05) is 30.3 Å². The molecule has 0 radical (unpaired) electrons. The van der Waals surface area contributed by atoms with Crippen molar-refractivity contribution in [2.45, 2.75) is 20.0 Å². The van der Waals surface area contributed by atoms with E-state index in [1.165, 1.54) is 13.2 Å². The minimum Gasteiger partial charge on any atom is -0.497 e. The molecule has 0 aliphatic carbocycles. The Bertz CT molecular complexity index is 880. The first-order chi connectivity index (χ1) is 13.1. The number of aromatic nitrogens is 1. The lowest BCUT2D eigenvalue weighted by Gasteiger charge is -2.20. The molecule has 0 fully saturated rings. The van der Waals surface area contributed by atoms with Crippen LogP contribution in [0.3, 0.4) is 0 Å². The Morgan fingerprint density at radius 2 is 1.93 bits per heavy atom. The number of aryl methyl sites for hydroxylation is 1. The molecule has 0 bridgehead atoms. The molecule has 0 saturated carbocycles. The minimum absolute atomic E-state index is 0.0428. The van der Waals surface area contributed by atoms with Crippen molar-refractivity contribution in [2.75, 3.05) is 20.3 Å². The SMILES string of the molecule is COc1ccc(F)c(-c2nc(CN(CCO)Cc3ccccc3)c(C)o2)c1. The number of rotatable bonds is 8. The first-order valence-electron chi connectivity index (χ1n) is 8.78. The van der Waals surface area contributed by atoms with Crippen molar-refractivity contribution in [1.82, 2.24) is 9.88 Å². The maximum atomic E-state index is 14.2. The number of benzene rings is 2. The monoisotopic (exact) mass is 370 g/mol. The summed E-state index contributed by atoms with van der Waals surface area (Å²) < 4.78 is 25.1. The molecule has 1 heterocycles. The van der Waals surface area contributed by atoms with Gasteiger partial charge >= 0.3 is 0 Å². The number of ether oxygens (including phenoxy) is 1. The molecule has 0 aliphatic heterocycles. The minimum atomic E-state index is -0.417. The van der Waals surface area contributed by atoms with Crippen LogP contribution in [0.5, 0.6) is 5.75 Å². The maximum absolute atomic E-state index is 14.2. The molecule has 3 aromatic rings. The van der Waals surface area contributed by atoms with E-state index >= 15 is 0 Å². The predicted octanol–water partition coefficient (Wildman–Crippen LogP) is 3.79. The molecule has 27 heavy (non-hydrogen) atoms. The number of methoxy groups -OCH3 is 1. The summed E-state index contributed by atoms with van der Waals surface area (Å²) in [6.45, 7) is 3.53. The average Bonchev–Trinajstić information content (AvgIpc) is 3.03. The molecule has 0 spiro atoms. The molecule has 1 aromatic heterocycles. The van der Waals surface area contributed by atoms with Gasteiger partial charge in [-0.15, -0.1) is 0 Å². The highest BCUT2D eigenvalue weighted by Crippen LogP contribution is 2.28. The van der Waals surface area contributed by atoms with Gasteiger partial charge in [-0.05, 0) is 30.7 Å². The van der Waals surface area contributed by atoms with E-state index in [2.05, 4.69) is 9.88 Å². The average molecular weight is 370 g/mol. The highest BCUT2D eigenvalue weighted by Gasteiger charge is 2.18. The molecule has 5 nitrogen and oxygen atoms in total. The van der Waals surface area contributed by atoms with Gasteiger partial charge in [-0.3, -0.25) is 4.90 Å². The van der Waals surface area contributed by atoms with Crippen LogP contribution in [0.15, 0.2) is 52.9 Å². The van der Waals surface area contributed by atoms with Crippen LogP contribution < -0.4 is 4.74 Å². The van der Waals surface area contributed by atoms with Crippen molar-refractivity contribution in [3.63, 3.8) is 0 Å². The number of halogens is 1.